The zero-order valence-corrected chi connectivity index (χ0v) is 41.1. The summed E-state index contributed by atoms with van der Waals surface area (Å²) in [5.41, 5.74) is 1.14. The summed E-state index contributed by atoms with van der Waals surface area (Å²) in [5, 5.41) is 22.6. The fourth-order valence-corrected chi connectivity index (χ4v) is 9.59. The molecule has 2 unspecified atom stereocenters. The third-order valence-electron chi connectivity index (χ3n) is 12.3. The number of nitrogens with one attached hydrogen (secondary N) is 4. The van der Waals surface area contributed by atoms with E-state index in [1.165, 1.54) is 55.8 Å². The zero-order valence-electron chi connectivity index (χ0n) is 39.5. The predicted octanol–water partition coefficient (Wildman–Crippen LogP) is 3.18. The number of ether oxygens (including phenoxy) is 5. The number of hydrogen-bond donors (Lipinski definition) is 5. The van der Waals surface area contributed by atoms with Crippen LogP contribution < -0.4 is 45.1 Å². The van der Waals surface area contributed by atoms with Crippen LogP contribution in [0.5, 0.6) is 23.3 Å². The van der Waals surface area contributed by atoms with Gasteiger partial charge in [0.05, 0.1) is 64.5 Å². The number of pyridine rings is 1. The molecule has 27 heteroatoms. The molecule has 2 saturated heterocycles. The van der Waals surface area contributed by atoms with E-state index in [2.05, 4.69) is 46.1 Å². The Labute approximate surface area is 426 Å². The van der Waals surface area contributed by atoms with Gasteiger partial charge in [0.15, 0.2) is 34.2 Å². The largest absolute Gasteiger partial charge is 0.586 e. The SMILES string of the molecule is COc1nc(Nc2cc(S(C)(=O)=O)ccc2N[C@@H](c2cccc3c2OC(F)(F)O3)c2ncccc2Cl)nc(N2CCN(CCOCCNC(=O)COc3cccc4c3C(O)N(C3CCC(=O)NC3=O)C4=O)CC2)n1. The number of carbonyl (C=O) groups is 4. The number of sulfone groups is 1. The summed E-state index contributed by atoms with van der Waals surface area (Å²) in [5.74, 6) is -2.27. The van der Waals surface area contributed by atoms with E-state index in [0.717, 1.165) is 11.2 Å². The Kier molecular flexibility index (Phi) is 14.9. The molecule has 4 aliphatic rings. The quantitative estimate of drug-likeness (QED) is 0.0587. The Hall–Kier alpha value is -7.52. The molecule has 390 valence electrons. The fraction of sp³-hybridized carbons (Fsp3) is 0.362. The van der Waals surface area contributed by atoms with Crippen LogP contribution in [0.15, 0.2) is 77.8 Å². The van der Waals surface area contributed by atoms with Gasteiger partial charge in [-0.2, -0.15) is 15.0 Å². The van der Waals surface area contributed by atoms with Gasteiger partial charge in [0.25, 0.3) is 11.8 Å². The predicted molar refractivity (Wildman–Crippen MR) is 258 cm³/mol. The van der Waals surface area contributed by atoms with E-state index in [9.17, 15) is 41.5 Å². The van der Waals surface area contributed by atoms with Crippen LogP contribution in [0, 0.1) is 0 Å². The maximum atomic E-state index is 14.4. The number of para-hydroxylation sites is 1. The van der Waals surface area contributed by atoms with E-state index in [1.807, 2.05) is 4.90 Å². The molecule has 6 heterocycles. The number of methoxy groups -OCH3 is 1. The molecule has 0 spiro atoms. The number of rotatable bonds is 19. The van der Waals surface area contributed by atoms with Crippen molar-refractivity contribution in [2.75, 3.05) is 88.0 Å². The molecular formula is C47H48ClF2N11O12S. The van der Waals surface area contributed by atoms with E-state index in [0.29, 0.717) is 39.3 Å². The monoisotopic (exact) mass is 1060 g/mol. The van der Waals surface area contributed by atoms with Crippen LogP contribution in [-0.2, 0) is 29.0 Å². The number of amides is 4. The Balaban J connectivity index is 0.783. The molecule has 74 heavy (non-hydrogen) atoms. The second-order valence-corrected chi connectivity index (χ2v) is 19.6. The maximum Gasteiger partial charge on any atom is 0.586 e. The second kappa shape index (κ2) is 21.5. The van der Waals surface area contributed by atoms with E-state index < -0.39 is 64.7 Å². The first kappa shape index (κ1) is 51.4. The minimum Gasteiger partial charge on any atom is -0.483 e. The summed E-state index contributed by atoms with van der Waals surface area (Å²) in [4.78, 5) is 73.0. The van der Waals surface area contributed by atoms with Crippen molar-refractivity contribution in [3.8, 4) is 23.3 Å². The molecule has 0 saturated carbocycles. The third-order valence-corrected chi connectivity index (χ3v) is 13.7. The van der Waals surface area contributed by atoms with Gasteiger partial charge in [-0.25, -0.2) is 8.42 Å². The van der Waals surface area contributed by atoms with Crippen molar-refractivity contribution < 1.29 is 65.2 Å². The zero-order chi connectivity index (χ0) is 52.3. The number of halogens is 3. The molecule has 0 bridgehead atoms. The smallest absolute Gasteiger partial charge is 0.483 e. The number of aliphatic hydroxyl groups excluding tert-OH is 1. The number of nitrogens with zero attached hydrogens (tertiary/aromatic N) is 7. The molecule has 4 amide bonds. The molecule has 9 rings (SSSR count). The number of aromatic nitrogens is 4. The Bertz CT molecular complexity index is 3100. The van der Waals surface area contributed by atoms with Crippen molar-refractivity contribution in [2.45, 2.75) is 42.3 Å². The Morgan fingerprint density at radius 3 is 2.55 bits per heavy atom. The molecule has 5 aromatic rings. The molecule has 4 aliphatic heterocycles. The van der Waals surface area contributed by atoms with Crippen LogP contribution in [0.2, 0.25) is 5.02 Å². The average Bonchev–Trinajstić information content (AvgIpc) is 3.84. The minimum absolute atomic E-state index is 0.00309. The third kappa shape index (κ3) is 11.3. The molecular weight excluding hydrogens is 1020 g/mol. The lowest BCUT2D eigenvalue weighted by molar-refractivity contribution is -0.287. The van der Waals surface area contributed by atoms with Gasteiger partial charge in [-0.05, 0) is 55.0 Å². The van der Waals surface area contributed by atoms with Crippen LogP contribution in [0.1, 0.15) is 52.3 Å². The van der Waals surface area contributed by atoms with Gasteiger partial charge < -0.3 is 49.6 Å². The highest BCUT2D eigenvalue weighted by molar-refractivity contribution is 7.90. The Morgan fingerprint density at radius 1 is 1.00 bits per heavy atom. The van der Waals surface area contributed by atoms with Crippen LogP contribution in [0.25, 0.3) is 0 Å². The van der Waals surface area contributed by atoms with Crippen molar-refractivity contribution in [3.05, 3.63) is 100 Å². The van der Waals surface area contributed by atoms with Crippen molar-refractivity contribution in [3.63, 3.8) is 0 Å². The number of hydrogen-bond acceptors (Lipinski definition) is 20. The number of aliphatic hydroxyl groups is 1. The number of carbonyl (C=O) groups excluding carboxylic acids is 4. The number of imide groups is 1. The van der Waals surface area contributed by atoms with Crippen molar-refractivity contribution >= 4 is 68.3 Å². The highest BCUT2D eigenvalue weighted by Crippen LogP contribution is 2.48. The minimum atomic E-state index is -3.93. The van der Waals surface area contributed by atoms with Crippen LogP contribution >= 0.6 is 11.6 Å². The van der Waals surface area contributed by atoms with Gasteiger partial charge >= 0.3 is 12.3 Å². The number of anilines is 4. The first-order valence-corrected chi connectivity index (χ1v) is 25.3. The standard InChI is InChI=1S/C47H48ClF2N11O12S/c1-69-46-57-44(54-31-24-26(74(2,67)68)11-12-30(31)53-38(39-29(48)8-5-15-52-39)28-7-4-10-34-40(28)73-47(49,50)72-34)56-45(58-46)60-19-17-59(18-20-60)21-23-70-22-16-51-36(63)25-71-33-9-3-6-27-37(33)43(66)61(42(27)65)32-13-14-35(62)55-41(32)64/h3-12,15,24,32,38,43,53,66H,13-14,16-23,25H2,1-2H3,(H,51,63)(H,55,62,64)(H,54,56,57,58)/t32?,38-,43?/m0/s1. The molecule has 0 radical (unpaired) electrons. The summed E-state index contributed by atoms with van der Waals surface area (Å²) >= 11 is 6.63. The molecule has 23 nitrogen and oxygen atoms in total. The number of fused-ring (bicyclic) bond motifs is 2. The van der Waals surface area contributed by atoms with Gasteiger partial charge in [0.2, 0.25) is 23.7 Å². The number of piperidine rings is 1. The van der Waals surface area contributed by atoms with E-state index in [1.54, 1.807) is 24.3 Å². The molecule has 2 fully saturated rings. The Morgan fingerprint density at radius 2 is 1.80 bits per heavy atom. The highest BCUT2D eigenvalue weighted by atomic mass is 35.5. The van der Waals surface area contributed by atoms with Crippen LogP contribution in [0.3, 0.4) is 0 Å². The molecule has 5 N–H and O–H groups in total. The number of piperazine rings is 1. The van der Waals surface area contributed by atoms with Crippen molar-refractivity contribution in [2.24, 2.45) is 0 Å². The topological polar surface area (TPSA) is 278 Å². The lowest BCUT2D eigenvalue weighted by atomic mass is 10.0. The first-order valence-electron chi connectivity index (χ1n) is 23.0. The normalized spacial score (nSPS) is 18.6. The van der Waals surface area contributed by atoms with E-state index in [-0.39, 0.29) is 105 Å². The maximum absolute atomic E-state index is 14.4. The second-order valence-electron chi connectivity index (χ2n) is 17.2. The van der Waals surface area contributed by atoms with Gasteiger partial charge in [-0.1, -0.05) is 29.8 Å². The van der Waals surface area contributed by atoms with Gasteiger partial charge in [-0.3, -0.25) is 39.3 Å². The van der Waals surface area contributed by atoms with Gasteiger partial charge in [-0.15, -0.1) is 8.78 Å². The molecule has 3 atom stereocenters. The molecule has 2 aromatic heterocycles. The van der Waals surface area contributed by atoms with Gasteiger partial charge in [0, 0.05) is 63.7 Å². The van der Waals surface area contributed by atoms with E-state index in [4.69, 9.17) is 35.3 Å². The summed E-state index contributed by atoms with van der Waals surface area (Å²) in [7, 11) is -2.36. The number of benzene rings is 3. The summed E-state index contributed by atoms with van der Waals surface area (Å²) in [6.07, 6.45) is -2.83. The van der Waals surface area contributed by atoms with Crippen molar-refractivity contribution in [1.29, 1.82) is 0 Å². The van der Waals surface area contributed by atoms with Crippen LogP contribution in [-0.4, -0.2) is 152 Å². The van der Waals surface area contributed by atoms with E-state index >= 15 is 0 Å². The summed E-state index contributed by atoms with van der Waals surface area (Å²) in [6, 6.07) is 14.2. The lowest BCUT2D eigenvalue weighted by Crippen LogP contribution is -2.53. The molecule has 0 aliphatic carbocycles. The van der Waals surface area contributed by atoms with Crippen LogP contribution in [0.4, 0.5) is 32.1 Å². The van der Waals surface area contributed by atoms with Gasteiger partial charge in [0.1, 0.15) is 11.8 Å². The first-order chi connectivity index (χ1) is 35.5. The summed E-state index contributed by atoms with van der Waals surface area (Å²) < 4.78 is 81.0. The fourth-order valence-electron chi connectivity index (χ4n) is 8.71. The summed E-state index contributed by atoms with van der Waals surface area (Å²) in [6.45, 7) is 3.13. The number of alkyl halides is 2. The van der Waals surface area contributed by atoms with Crippen molar-refractivity contribution in [1.82, 2.24) is 40.4 Å². The highest BCUT2D eigenvalue weighted by Gasteiger charge is 2.47. The lowest BCUT2D eigenvalue weighted by Gasteiger charge is -2.34. The average molecular weight is 1060 g/mol. The molecule has 3 aromatic carbocycles.